The minimum Gasteiger partial charge on any atom is -0.497 e. The van der Waals surface area contributed by atoms with Crippen LogP contribution in [-0.4, -0.2) is 67.5 Å². The number of benzene rings is 2. The van der Waals surface area contributed by atoms with E-state index in [4.69, 9.17) is 18.4 Å². The fraction of sp³-hybridized carbons (Fsp3) is 0.292. The maximum atomic E-state index is 12.7. The third-order valence-corrected chi connectivity index (χ3v) is 5.61. The van der Waals surface area contributed by atoms with Gasteiger partial charge >= 0.3 is 0 Å². The highest BCUT2D eigenvalue weighted by Gasteiger charge is 2.18. The molecule has 1 aliphatic rings. The summed E-state index contributed by atoms with van der Waals surface area (Å²) in [5.41, 5.74) is 2.93. The number of carbonyl (C=O) groups is 1. The standard InChI is InChI=1S/C24H24N4O5/c1-30-18-4-2-3-17(13-18)24-26-20(15-32-24)22-19-14-16(5-6-21(19)33-27-22)23(29)25-7-8-28-9-11-31-12-10-28/h2-6,13-15H,7-12H2,1H3,(H,25,29). The number of carbonyl (C=O) groups excluding carboxylic acids is 1. The van der Waals surface area contributed by atoms with E-state index in [1.54, 1.807) is 25.3 Å². The van der Waals surface area contributed by atoms with Gasteiger partial charge in [0, 0.05) is 37.3 Å². The Hall–Kier alpha value is -3.69. The Kier molecular flexibility index (Phi) is 6.05. The molecule has 5 rings (SSSR count). The lowest BCUT2D eigenvalue weighted by Gasteiger charge is -2.26. The zero-order valence-corrected chi connectivity index (χ0v) is 18.2. The molecule has 0 saturated carbocycles. The fourth-order valence-corrected chi connectivity index (χ4v) is 3.79. The van der Waals surface area contributed by atoms with Gasteiger partial charge in [0.25, 0.3) is 5.91 Å². The summed E-state index contributed by atoms with van der Waals surface area (Å²) in [6.07, 6.45) is 1.53. The SMILES string of the molecule is COc1cccc(-c2nc(-c3noc4ccc(C(=O)NCCN5CCOCC5)cc34)co2)c1. The van der Waals surface area contributed by atoms with Gasteiger partial charge in [0.1, 0.15) is 23.4 Å². The van der Waals surface area contributed by atoms with E-state index in [0.717, 1.165) is 38.4 Å². The third kappa shape index (κ3) is 4.59. The van der Waals surface area contributed by atoms with E-state index in [9.17, 15) is 4.79 Å². The average molecular weight is 448 g/mol. The van der Waals surface area contributed by atoms with Gasteiger partial charge < -0.3 is 23.7 Å². The van der Waals surface area contributed by atoms with Gasteiger partial charge in [-0.05, 0) is 36.4 Å². The Morgan fingerprint density at radius 1 is 1.18 bits per heavy atom. The number of oxazole rings is 1. The summed E-state index contributed by atoms with van der Waals surface area (Å²) in [7, 11) is 1.61. The molecule has 0 aliphatic carbocycles. The van der Waals surface area contributed by atoms with Crippen molar-refractivity contribution in [2.24, 2.45) is 0 Å². The van der Waals surface area contributed by atoms with Gasteiger partial charge in [-0.2, -0.15) is 0 Å². The van der Waals surface area contributed by atoms with Crippen LogP contribution >= 0.6 is 0 Å². The van der Waals surface area contributed by atoms with Crippen LogP contribution in [0.1, 0.15) is 10.4 Å². The molecule has 2 aromatic heterocycles. The molecule has 4 aromatic rings. The number of hydrogen-bond donors (Lipinski definition) is 1. The molecule has 0 atom stereocenters. The van der Waals surface area contributed by atoms with Gasteiger partial charge in [-0.15, -0.1) is 0 Å². The first-order valence-corrected chi connectivity index (χ1v) is 10.8. The number of rotatable bonds is 7. The molecule has 1 fully saturated rings. The van der Waals surface area contributed by atoms with Gasteiger partial charge in [0.05, 0.1) is 25.7 Å². The summed E-state index contributed by atoms with van der Waals surface area (Å²) in [4.78, 5) is 19.5. The number of methoxy groups -OCH3 is 1. The quantitative estimate of drug-likeness (QED) is 0.460. The van der Waals surface area contributed by atoms with Crippen molar-refractivity contribution in [2.45, 2.75) is 0 Å². The molecule has 1 saturated heterocycles. The van der Waals surface area contributed by atoms with E-state index in [2.05, 4.69) is 20.4 Å². The van der Waals surface area contributed by atoms with Crippen molar-refractivity contribution >= 4 is 16.9 Å². The normalized spacial score (nSPS) is 14.5. The van der Waals surface area contributed by atoms with Crippen LogP contribution < -0.4 is 10.1 Å². The smallest absolute Gasteiger partial charge is 0.251 e. The molecule has 33 heavy (non-hydrogen) atoms. The molecule has 1 aliphatic heterocycles. The summed E-state index contributed by atoms with van der Waals surface area (Å²) in [6.45, 7) is 4.62. The van der Waals surface area contributed by atoms with Crippen molar-refractivity contribution in [3.8, 4) is 28.6 Å². The summed E-state index contributed by atoms with van der Waals surface area (Å²) >= 11 is 0. The molecule has 0 radical (unpaired) electrons. The van der Waals surface area contributed by atoms with Crippen molar-refractivity contribution < 1.29 is 23.2 Å². The molecule has 9 nitrogen and oxygen atoms in total. The van der Waals surface area contributed by atoms with Crippen LogP contribution in [0.25, 0.3) is 33.8 Å². The number of nitrogens with one attached hydrogen (secondary N) is 1. The fourth-order valence-electron chi connectivity index (χ4n) is 3.79. The van der Waals surface area contributed by atoms with E-state index < -0.39 is 0 Å². The van der Waals surface area contributed by atoms with E-state index in [1.807, 2.05) is 24.3 Å². The second-order valence-corrected chi connectivity index (χ2v) is 7.72. The van der Waals surface area contributed by atoms with Crippen molar-refractivity contribution in [2.75, 3.05) is 46.5 Å². The zero-order valence-electron chi connectivity index (χ0n) is 18.2. The summed E-state index contributed by atoms with van der Waals surface area (Å²) in [6, 6.07) is 12.7. The predicted molar refractivity (Wildman–Crippen MR) is 121 cm³/mol. The van der Waals surface area contributed by atoms with E-state index in [1.165, 1.54) is 6.26 Å². The number of nitrogens with zero attached hydrogens (tertiary/aromatic N) is 3. The van der Waals surface area contributed by atoms with Gasteiger partial charge in [-0.1, -0.05) is 11.2 Å². The van der Waals surface area contributed by atoms with Gasteiger partial charge in [-0.25, -0.2) is 4.98 Å². The van der Waals surface area contributed by atoms with Crippen LogP contribution in [0.3, 0.4) is 0 Å². The molecule has 0 unspecified atom stereocenters. The molecule has 170 valence electrons. The van der Waals surface area contributed by atoms with E-state index >= 15 is 0 Å². The minimum atomic E-state index is -0.144. The molecule has 9 heteroatoms. The van der Waals surface area contributed by atoms with Crippen LogP contribution in [0.5, 0.6) is 5.75 Å². The molecular formula is C24H24N4O5. The number of fused-ring (bicyclic) bond motifs is 1. The highest BCUT2D eigenvalue weighted by molar-refractivity contribution is 6.00. The van der Waals surface area contributed by atoms with Gasteiger partial charge in [0.15, 0.2) is 5.58 Å². The highest BCUT2D eigenvalue weighted by atomic mass is 16.5. The molecule has 1 amide bonds. The number of morpholine rings is 1. The van der Waals surface area contributed by atoms with Gasteiger partial charge in [-0.3, -0.25) is 9.69 Å². The van der Waals surface area contributed by atoms with Crippen LogP contribution in [0, 0.1) is 0 Å². The molecular weight excluding hydrogens is 424 g/mol. The lowest BCUT2D eigenvalue weighted by atomic mass is 10.1. The molecule has 2 aromatic carbocycles. The minimum absolute atomic E-state index is 0.144. The predicted octanol–water partition coefficient (Wildman–Crippen LogP) is 3.22. The second kappa shape index (κ2) is 9.43. The number of hydrogen-bond acceptors (Lipinski definition) is 8. The first-order chi connectivity index (χ1) is 16.2. The van der Waals surface area contributed by atoms with Crippen LogP contribution in [0.2, 0.25) is 0 Å². The second-order valence-electron chi connectivity index (χ2n) is 7.72. The molecule has 3 heterocycles. The molecule has 1 N–H and O–H groups in total. The number of ether oxygens (including phenoxy) is 2. The average Bonchev–Trinajstić information content (AvgIpc) is 3.51. The summed E-state index contributed by atoms with van der Waals surface area (Å²) in [5, 5.41) is 7.83. The lowest BCUT2D eigenvalue weighted by molar-refractivity contribution is 0.0383. The Morgan fingerprint density at radius 3 is 2.91 bits per heavy atom. The van der Waals surface area contributed by atoms with Gasteiger partial charge in [0.2, 0.25) is 5.89 Å². The maximum Gasteiger partial charge on any atom is 0.251 e. The summed E-state index contributed by atoms with van der Waals surface area (Å²) in [5.74, 6) is 1.01. The first kappa shape index (κ1) is 21.2. The highest BCUT2D eigenvalue weighted by Crippen LogP contribution is 2.31. The van der Waals surface area contributed by atoms with Crippen LogP contribution in [0.4, 0.5) is 0 Å². The lowest BCUT2D eigenvalue weighted by Crippen LogP contribution is -2.41. The molecule has 0 bridgehead atoms. The zero-order chi connectivity index (χ0) is 22.6. The third-order valence-electron chi connectivity index (χ3n) is 5.61. The number of aromatic nitrogens is 2. The van der Waals surface area contributed by atoms with E-state index in [0.29, 0.717) is 46.1 Å². The Labute approximate surface area is 190 Å². The van der Waals surface area contributed by atoms with Crippen LogP contribution in [-0.2, 0) is 4.74 Å². The van der Waals surface area contributed by atoms with Crippen molar-refractivity contribution in [3.63, 3.8) is 0 Å². The largest absolute Gasteiger partial charge is 0.497 e. The summed E-state index contributed by atoms with van der Waals surface area (Å²) < 4.78 is 21.7. The topological polar surface area (TPSA) is 103 Å². The van der Waals surface area contributed by atoms with Crippen molar-refractivity contribution in [1.82, 2.24) is 20.4 Å². The monoisotopic (exact) mass is 448 g/mol. The maximum absolute atomic E-state index is 12.7. The number of amides is 1. The first-order valence-electron chi connectivity index (χ1n) is 10.8. The Balaban J connectivity index is 1.33. The van der Waals surface area contributed by atoms with Crippen LogP contribution in [0.15, 0.2) is 57.7 Å². The Morgan fingerprint density at radius 2 is 2.06 bits per heavy atom. The molecule has 0 spiro atoms. The van der Waals surface area contributed by atoms with Crippen molar-refractivity contribution in [1.29, 1.82) is 0 Å². The Bertz CT molecular complexity index is 1260. The van der Waals surface area contributed by atoms with E-state index in [-0.39, 0.29) is 5.91 Å². The van der Waals surface area contributed by atoms with Crippen molar-refractivity contribution in [3.05, 3.63) is 54.3 Å².